The van der Waals surface area contributed by atoms with Crippen molar-refractivity contribution in [1.82, 2.24) is 15.2 Å². The molecule has 0 radical (unpaired) electrons. The number of anilines is 1. The molecule has 0 aromatic carbocycles. The van der Waals surface area contributed by atoms with Crippen LogP contribution in [0, 0.1) is 0 Å². The Hall–Kier alpha value is -1.60. The molecule has 0 atom stereocenters. The van der Waals surface area contributed by atoms with Gasteiger partial charge in [0.1, 0.15) is 10.0 Å². The van der Waals surface area contributed by atoms with Crippen LogP contribution >= 0.6 is 11.6 Å². The molecule has 8 heteroatoms. The summed E-state index contributed by atoms with van der Waals surface area (Å²) < 4.78 is 25.9. The number of aromatic amines is 1. The van der Waals surface area contributed by atoms with E-state index in [1.165, 1.54) is 30.7 Å². The molecule has 0 amide bonds. The summed E-state index contributed by atoms with van der Waals surface area (Å²) in [7, 11) is -3.63. The lowest BCUT2D eigenvalue weighted by atomic mass is 10.5. The Morgan fingerprint density at radius 2 is 2.12 bits per heavy atom. The van der Waals surface area contributed by atoms with Crippen LogP contribution in [-0.2, 0) is 10.0 Å². The van der Waals surface area contributed by atoms with Gasteiger partial charge < -0.3 is 0 Å². The fraction of sp³-hybridized carbons (Fsp3) is 0. The van der Waals surface area contributed by atoms with Crippen LogP contribution in [-0.4, -0.2) is 23.6 Å². The number of halogens is 1. The molecule has 0 aliphatic heterocycles. The smallest absolute Gasteiger partial charge is 0.263 e. The molecule has 2 rings (SSSR count). The minimum atomic E-state index is -3.63. The van der Waals surface area contributed by atoms with Crippen molar-refractivity contribution in [3.8, 4) is 0 Å². The van der Waals surface area contributed by atoms with Crippen molar-refractivity contribution in [2.75, 3.05) is 4.72 Å². The SMILES string of the molecule is O=S(=O)(Nc1cn[nH]c1)c1ccc(Cl)nc1. The number of sulfonamides is 1. The van der Waals surface area contributed by atoms with Crippen molar-refractivity contribution in [1.29, 1.82) is 0 Å². The lowest BCUT2D eigenvalue weighted by molar-refractivity contribution is 0.601. The highest BCUT2D eigenvalue weighted by atomic mass is 35.5. The molecule has 0 unspecified atom stereocenters. The van der Waals surface area contributed by atoms with Crippen LogP contribution in [0.1, 0.15) is 0 Å². The van der Waals surface area contributed by atoms with E-state index >= 15 is 0 Å². The van der Waals surface area contributed by atoms with E-state index in [0.29, 0.717) is 5.69 Å². The third-order valence-electron chi connectivity index (χ3n) is 1.76. The number of nitrogens with one attached hydrogen (secondary N) is 2. The number of pyridine rings is 1. The molecule has 0 fully saturated rings. The number of H-pyrrole nitrogens is 1. The molecule has 0 saturated carbocycles. The van der Waals surface area contributed by atoms with Crippen LogP contribution in [0.5, 0.6) is 0 Å². The molecule has 6 nitrogen and oxygen atoms in total. The number of hydrogen-bond acceptors (Lipinski definition) is 4. The molecule has 0 spiro atoms. The minimum absolute atomic E-state index is 0.0399. The normalized spacial score (nSPS) is 11.3. The topological polar surface area (TPSA) is 87.7 Å². The fourth-order valence-electron chi connectivity index (χ4n) is 1.04. The molecule has 0 aliphatic rings. The summed E-state index contributed by atoms with van der Waals surface area (Å²) in [5.74, 6) is 0. The molecule has 84 valence electrons. The summed E-state index contributed by atoms with van der Waals surface area (Å²) in [6.45, 7) is 0. The van der Waals surface area contributed by atoms with Gasteiger partial charge in [-0.15, -0.1) is 0 Å². The van der Waals surface area contributed by atoms with Gasteiger partial charge in [0.2, 0.25) is 0 Å². The lowest BCUT2D eigenvalue weighted by Crippen LogP contribution is -2.12. The van der Waals surface area contributed by atoms with E-state index in [9.17, 15) is 8.42 Å². The van der Waals surface area contributed by atoms with E-state index in [0.717, 1.165) is 0 Å². The Kier molecular flexibility index (Phi) is 2.80. The van der Waals surface area contributed by atoms with Gasteiger partial charge in [0.25, 0.3) is 10.0 Å². The molecule has 16 heavy (non-hydrogen) atoms. The van der Waals surface area contributed by atoms with E-state index in [1.807, 2.05) is 0 Å². The number of rotatable bonds is 3. The second-order valence-corrected chi connectivity index (χ2v) is 4.98. The molecular weight excluding hydrogens is 252 g/mol. The molecule has 0 bridgehead atoms. The summed E-state index contributed by atoms with van der Waals surface area (Å²) in [6.07, 6.45) is 3.98. The van der Waals surface area contributed by atoms with Gasteiger partial charge in [0.05, 0.1) is 11.9 Å². The Labute approximate surface area is 96.7 Å². The zero-order chi connectivity index (χ0) is 11.6. The van der Waals surface area contributed by atoms with Gasteiger partial charge in [-0.25, -0.2) is 13.4 Å². The quantitative estimate of drug-likeness (QED) is 0.812. The zero-order valence-electron chi connectivity index (χ0n) is 7.88. The highest BCUT2D eigenvalue weighted by Gasteiger charge is 2.14. The van der Waals surface area contributed by atoms with Crippen molar-refractivity contribution in [3.05, 3.63) is 35.9 Å². The largest absolute Gasteiger partial charge is 0.284 e. The molecule has 2 heterocycles. The average molecular weight is 259 g/mol. The summed E-state index contributed by atoms with van der Waals surface area (Å²) in [4.78, 5) is 3.74. The third kappa shape index (κ3) is 2.31. The van der Waals surface area contributed by atoms with E-state index in [1.54, 1.807) is 0 Å². The molecule has 0 saturated heterocycles. The van der Waals surface area contributed by atoms with Gasteiger partial charge in [-0.2, -0.15) is 5.10 Å². The molecular formula is C8H7ClN4O2S. The number of aromatic nitrogens is 3. The van der Waals surface area contributed by atoms with Gasteiger partial charge in [0.15, 0.2) is 0 Å². The molecule has 2 aromatic rings. The van der Waals surface area contributed by atoms with E-state index in [-0.39, 0.29) is 10.0 Å². The van der Waals surface area contributed by atoms with Crippen LogP contribution in [0.4, 0.5) is 5.69 Å². The first kappa shape index (κ1) is 10.9. The Morgan fingerprint density at radius 1 is 1.31 bits per heavy atom. The molecule has 2 N–H and O–H groups in total. The van der Waals surface area contributed by atoms with Crippen LogP contribution in [0.2, 0.25) is 5.15 Å². The Bertz CT molecular complexity index is 565. The first-order chi connectivity index (χ1) is 7.58. The van der Waals surface area contributed by atoms with Crippen LogP contribution < -0.4 is 4.72 Å². The van der Waals surface area contributed by atoms with Gasteiger partial charge in [-0.3, -0.25) is 9.82 Å². The van der Waals surface area contributed by atoms with Crippen LogP contribution in [0.25, 0.3) is 0 Å². The number of hydrogen-bond donors (Lipinski definition) is 2. The Morgan fingerprint density at radius 3 is 2.69 bits per heavy atom. The van der Waals surface area contributed by atoms with Gasteiger partial charge in [-0.1, -0.05) is 11.6 Å². The van der Waals surface area contributed by atoms with Crippen molar-refractivity contribution in [2.24, 2.45) is 0 Å². The summed E-state index contributed by atoms with van der Waals surface area (Å²) in [5.41, 5.74) is 0.356. The van der Waals surface area contributed by atoms with Gasteiger partial charge in [-0.05, 0) is 12.1 Å². The second kappa shape index (κ2) is 4.11. The monoisotopic (exact) mass is 258 g/mol. The van der Waals surface area contributed by atoms with Gasteiger partial charge in [0, 0.05) is 12.4 Å². The summed E-state index contributed by atoms with van der Waals surface area (Å²) >= 11 is 5.56. The second-order valence-electron chi connectivity index (χ2n) is 2.91. The highest BCUT2D eigenvalue weighted by molar-refractivity contribution is 7.92. The maximum Gasteiger partial charge on any atom is 0.263 e. The minimum Gasteiger partial charge on any atom is -0.284 e. The number of nitrogens with zero attached hydrogens (tertiary/aromatic N) is 2. The first-order valence-electron chi connectivity index (χ1n) is 4.21. The standard InChI is InChI=1S/C8H7ClN4O2S/c9-8-2-1-7(5-10-8)16(14,15)13-6-3-11-12-4-6/h1-5,13H,(H,11,12). The van der Waals surface area contributed by atoms with E-state index < -0.39 is 10.0 Å². The van der Waals surface area contributed by atoms with E-state index in [2.05, 4.69) is 19.9 Å². The van der Waals surface area contributed by atoms with Crippen molar-refractivity contribution >= 4 is 27.3 Å². The predicted molar refractivity (Wildman–Crippen MR) is 58.6 cm³/mol. The van der Waals surface area contributed by atoms with E-state index in [4.69, 9.17) is 11.6 Å². The van der Waals surface area contributed by atoms with Crippen molar-refractivity contribution in [3.63, 3.8) is 0 Å². The fourth-order valence-corrected chi connectivity index (χ4v) is 2.13. The zero-order valence-corrected chi connectivity index (χ0v) is 9.46. The van der Waals surface area contributed by atoms with Crippen molar-refractivity contribution in [2.45, 2.75) is 4.90 Å². The van der Waals surface area contributed by atoms with Crippen LogP contribution in [0.15, 0.2) is 35.6 Å². The van der Waals surface area contributed by atoms with Crippen molar-refractivity contribution < 1.29 is 8.42 Å². The third-order valence-corrected chi connectivity index (χ3v) is 3.35. The lowest BCUT2D eigenvalue weighted by Gasteiger charge is -2.04. The Balaban J connectivity index is 2.29. The van der Waals surface area contributed by atoms with Gasteiger partial charge >= 0.3 is 0 Å². The molecule has 0 aliphatic carbocycles. The summed E-state index contributed by atoms with van der Waals surface area (Å²) in [6, 6.07) is 2.78. The predicted octanol–water partition coefficient (Wildman–Crippen LogP) is 1.26. The highest BCUT2D eigenvalue weighted by Crippen LogP contribution is 2.15. The molecule has 2 aromatic heterocycles. The van der Waals surface area contributed by atoms with Crippen LogP contribution in [0.3, 0.4) is 0 Å². The maximum atomic E-state index is 11.8. The maximum absolute atomic E-state index is 11.8. The summed E-state index contributed by atoms with van der Waals surface area (Å²) in [5, 5.41) is 6.36. The first-order valence-corrected chi connectivity index (χ1v) is 6.07. The average Bonchev–Trinajstić information content (AvgIpc) is 2.70.